The van der Waals surface area contributed by atoms with Gasteiger partial charge in [-0.2, -0.15) is 0 Å². The van der Waals surface area contributed by atoms with Crippen LogP contribution in [0, 0.1) is 0 Å². The molecular weight excluding hydrogens is 400 g/mol. The van der Waals surface area contributed by atoms with Crippen LogP contribution < -0.4 is 10.2 Å². The highest BCUT2D eigenvalue weighted by Gasteiger charge is 2.41. The van der Waals surface area contributed by atoms with Gasteiger partial charge in [-0.25, -0.2) is 0 Å². The Kier molecular flexibility index (Phi) is 4.68. The normalized spacial score (nSPS) is 18.4. The van der Waals surface area contributed by atoms with Gasteiger partial charge >= 0.3 is 0 Å². The number of carbonyl (C=O) groups is 2. The first-order valence-electron chi connectivity index (χ1n) is 9.88. The molecule has 0 spiro atoms. The van der Waals surface area contributed by atoms with Gasteiger partial charge in [-0.3, -0.25) is 14.5 Å². The molecule has 0 unspecified atom stereocenters. The fourth-order valence-electron chi connectivity index (χ4n) is 4.21. The number of carbonyl (C=O) groups excluding carboxylic acids is 2. The van der Waals surface area contributed by atoms with Gasteiger partial charge in [-0.1, -0.05) is 23.7 Å². The van der Waals surface area contributed by atoms with Gasteiger partial charge in [0.2, 0.25) is 0 Å². The average Bonchev–Trinajstić information content (AvgIpc) is 3.23. The molecule has 1 aliphatic heterocycles. The lowest BCUT2D eigenvalue weighted by molar-refractivity contribution is -0.116. The molecule has 0 radical (unpaired) electrons. The zero-order valence-electron chi connectivity index (χ0n) is 16.1. The van der Waals surface area contributed by atoms with E-state index in [0.717, 1.165) is 24.2 Å². The summed E-state index contributed by atoms with van der Waals surface area (Å²) in [5.41, 5.74) is 3.41. The molecule has 30 heavy (non-hydrogen) atoms. The summed E-state index contributed by atoms with van der Waals surface area (Å²) < 4.78 is 5.75. The Morgan fingerprint density at radius 2 is 1.83 bits per heavy atom. The lowest BCUT2D eigenvalue weighted by atomic mass is 9.88. The third-order valence-corrected chi connectivity index (χ3v) is 5.81. The van der Waals surface area contributed by atoms with Crippen molar-refractivity contribution in [3.05, 3.63) is 94.5 Å². The second kappa shape index (κ2) is 7.50. The van der Waals surface area contributed by atoms with Crippen molar-refractivity contribution < 1.29 is 14.0 Å². The molecule has 5 nitrogen and oxygen atoms in total. The number of furan rings is 1. The average molecular weight is 419 g/mol. The molecule has 0 bridgehead atoms. The highest BCUT2D eigenvalue weighted by atomic mass is 35.5. The minimum absolute atomic E-state index is 0.0341. The van der Waals surface area contributed by atoms with Gasteiger partial charge in [0.25, 0.3) is 5.91 Å². The molecule has 0 fully saturated rings. The summed E-state index contributed by atoms with van der Waals surface area (Å²) >= 11 is 6.03. The van der Waals surface area contributed by atoms with Crippen molar-refractivity contribution in [2.24, 2.45) is 0 Å². The van der Waals surface area contributed by atoms with E-state index in [1.54, 1.807) is 41.5 Å². The summed E-state index contributed by atoms with van der Waals surface area (Å²) in [7, 11) is 0. The predicted octanol–water partition coefficient (Wildman–Crippen LogP) is 5.75. The number of fused-ring (bicyclic) bond motifs is 1. The quantitative estimate of drug-likeness (QED) is 0.575. The van der Waals surface area contributed by atoms with Crippen molar-refractivity contribution in [3.63, 3.8) is 0 Å². The fraction of sp³-hybridized carbons (Fsp3) is 0.167. The number of halogens is 1. The van der Waals surface area contributed by atoms with E-state index in [2.05, 4.69) is 5.32 Å². The maximum atomic E-state index is 13.8. The van der Waals surface area contributed by atoms with Gasteiger partial charge in [0.15, 0.2) is 5.78 Å². The number of benzene rings is 2. The largest absolute Gasteiger partial charge is 0.467 e. The number of hydrogen-bond acceptors (Lipinski definition) is 4. The Morgan fingerprint density at radius 1 is 1.03 bits per heavy atom. The van der Waals surface area contributed by atoms with Gasteiger partial charge < -0.3 is 9.73 Å². The van der Waals surface area contributed by atoms with Crippen LogP contribution in [0.4, 0.5) is 11.4 Å². The predicted molar refractivity (Wildman–Crippen MR) is 116 cm³/mol. The van der Waals surface area contributed by atoms with E-state index in [-0.39, 0.29) is 11.7 Å². The summed E-state index contributed by atoms with van der Waals surface area (Å²) in [4.78, 5) is 28.5. The summed E-state index contributed by atoms with van der Waals surface area (Å²) in [6, 6.07) is 17.3. The van der Waals surface area contributed by atoms with Gasteiger partial charge in [-0.15, -0.1) is 0 Å². The molecule has 2 aliphatic rings. The maximum absolute atomic E-state index is 13.8. The number of nitrogens with zero attached hydrogens (tertiary/aromatic N) is 1. The Hall–Kier alpha value is -3.31. The van der Waals surface area contributed by atoms with Gasteiger partial charge in [-0.05, 0) is 61.4 Å². The second-order valence-corrected chi connectivity index (χ2v) is 7.85. The minimum atomic E-state index is -0.651. The Balaban J connectivity index is 1.76. The first kappa shape index (κ1) is 18.7. The van der Waals surface area contributed by atoms with Crippen molar-refractivity contribution in [1.82, 2.24) is 0 Å². The van der Waals surface area contributed by atoms with E-state index in [9.17, 15) is 9.59 Å². The highest BCUT2D eigenvalue weighted by molar-refractivity contribution is 6.30. The number of Topliss-reactive ketones (excluding diaryl/α,β-unsaturated/α-hetero) is 1. The number of ketones is 1. The Bertz CT molecular complexity index is 1150. The monoisotopic (exact) mass is 418 g/mol. The molecule has 150 valence electrons. The van der Waals surface area contributed by atoms with E-state index in [1.807, 2.05) is 30.3 Å². The molecule has 1 aromatic heterocycles. The smallest absolute Gasteiger partial charge is 0.259 e. The SMILES string of the molecule is O=C1CCCC2=C1[C@@H](c1ccco1)N(C(=O)c1ccc(Cl)cc1)c1ccccc1N2. The van der Waals surface area contributed by atoms with E-state index < -0.39 is 6.04 Å². The van der Waals surface area contributed by atoms with Crippen LogP contribution in [0.25, 0.3) is 0 Å². The van der Waals surface area contributed by atoms with Crippen molar-refractivity contribution in [1.29, 1.82) is 0 Å². The molecular formula is C24H19ClN2O3. The van der Waals surface area contributed by atoms with E-state index in [0.29, 0.717) is 34.0 Å². The summed E-state index contributed by atoms with van der Waals surface area (Å²) in [5, 5.41) is 3.99. The van der Waals surface area contributed by atoms with E-state index in [1.165, 1.54) is 0 Å². The topological polar surface area (TPSA) is 62.6 Å². The summed E-state index contributed by atoms with van der Waals surface area (Å²) in [6.07, 6.45) is 3.55. The Morgan fingerprint density at radius 3 is 2.60 bits per heavy atom. The molecule has 6 heteroatoms. The molecule has 2 aromatic carbocycles. The molecule has 1 N–H and O–H groups in total. The molecule has 3 aromatic rings. The fourth-order valence-corrected chi connectivity index (χ4v) is 4.33. The van der Waals surface area contributed by atoms with Crippen LogP contribution in [0.3, 0.4) is 0 Å². The molecule has 0 saturated carbocycles. The number of allylic oxidation sites excluding steroid dienone is 1. The van der Waals surface area contributed by atoms with Crippen LogP contribution in [-0.2, 0) is 4.79 Å². The first-order valence-corrected chi connectivity index (χ1v) is 10.3. The Labute approximate surface area is 178 Å². The van der Waals surface area contributed by atoms with Crippen molar-refractivity contribution in [2.75, 3.05) is 10.2 Å². The lowest BCUT2D eigenvalue weighted by Crippen LogP contribution is -2.37. The van der Waals surface area contributed by atoms with Crippen LogP contribution in [0.2, 0.25) is 5.02 Å². The van der Waals surface area contributed by atoms with E-state index >= 15 is 0 Å². The maximum Gasteiger partial charge on any atom is 0.259 e. The molecule has 5 rings (SSSR count). The lowest BCUT2D eigenvalue weighted by Gasteiger charge is -2.32. The van der Waals surface area contributed by atoms with E-state index in [4.69, 9.17) is 16.0 Å². The van der Waals surface area contributed by atoms with Crippen LogP contribution in [0.1, 0.15) is 41.4 Å². The zero-order valence-corrected chi connectivity index (χ0v) is 16.9. The number of para-hydroxylation sites is 2. The van der Waals surface area contributed by atoms with Gasteiger partial charge in [0.1, 0.15) is 11.8 Å². The van der Waals surface area contributed by atoms with Crippen LogP contribution >= 0.6 is 11.6 Å². The van der Waals surface area contributed by atoms with Crippen molar-refractivity contribution in [2.45, 2.75) is 25.3 Å². The van der Waals surface area contributed by atoms with Crippen molar-refractivity contribution in [3.8, 4) is 0 Å². The van der Waals surface area contributed by atoms with Crippen molar-refractivity contribution >= 4 is 34.7 Å². The first-order chi connectivity index (χ1) is 14.6. The molecule has 1 aliphatic carbocycles. The third kappa shape index (κ3) is 3.12. The standard InChI is InChI=1S/C24H19ClN2O3/c25-16-12-10-15(11-13-16)24(29)27-19-7-2-1-5-17(19)26-18-6-3-8-20(28)22(18)23(27)21-9-4-14-30-21/h1-2,4-5,7,9-14,23,26H,3,6,8H2/t23-/m1/s1. The summed E-state index contributed by atoms with van der Waals surface area (Å²) in [6.45, 7) is 0. The molecule has 0 saturated heterocycles. The van der Waals surface area contributed by atoms with Gasteiger partial charge in [0, 0.05) is 28.3 Å². The number of anilines is 2. The number of rotatable bonds is 2. The molecule has 1 amide bonds. The third-order valence-electron chi connectivity index (χ3n) is 5.56. The minimum Gasteiger partial charge on any atom is -0.467 e. The second-order valence-electron chi connectivity index (χ2n) is 7.41. The summed E-state index contributed by atoms with van der Waals surface area (Å²) in [5.74, 6) is 0.361. The molecule has 1 atom stereocenters. The van der Waals surface area contributed by atoms with Crippen LogP contribution in [0.15, 0.2) is 82.6 Å². The van der Waals surface area contributed by atoms with Gasteiger partial charge in [0.05, 0.1) is 17.6 Å². The number of hydrogen-bond donors (Lipinski definition) is 1. The van der Waals surface area contributed by atoms with Crippen LogP contribution in [0.5, 0.6) is 0 Å². The number of amides is 1. The molecule has 2 heterocycles. The number of nitrogens with one attached hydrogen (secondary N) is 1. The zero-order chi connectivity index (χ0) is 20.7. The van der Waals surface area contributed by atoms with Crippen LogP contribution in [-0.4, -0.2) is 11.7 Å². The highest BCUT2D eigenvalue weighted by Crippen LogP contribution is 2.45.